The minimum Gasteiger partial charge on any atom is -0.394 e. The van der Waals surface area contributed by atoms with Crippen LogP contribution in [0, 0.1) is 11.3 Å². The molecule has 1 rings (SSSR count). The van der Waals surface area contributed by atoms with E-state index < -0.39 is 43.9 Å². The van der Waals surface area contributed by atoms with Crippen molar-refractivity contribution in [1.82, 2.24) is 0 Å². The van der Waals surface area contributed by atoms with Gasteiger partial charge in [-0.05, 0) is 5.57 Å². The van der Waals surface area contributed by atoms with E-state index in [1.54, 1.807) is 6.07 Å². The maximum Gasteiger partial charge on any atom is 0.187 e. The highest BCUT2D eigenvalue weighted by atomic mass is 16.7. The van der Waals surface area contributed by atoms with Gasteiger partial charge in [0.25, 0.3) is 0 Å². The zero-order valence-electron chi connectivity index (χ0n) is 10.1. The van der Waals surface area contributed by atoms with Crippen LogP contribution in [-0.2, 0) is 9.47 Å². The van der Waals surface area contributed by atoms with E-state index in [2.05, 4.69) is 0 Å². The molecule has 0 aromatic heterocycles. The lowest BCUT2D eigenvalue weighted by Crippen LogP contribution is -2.59. The summed E-state index contributed by atoms with van der Waals surface area (Å²) in [7, 11) is 0. The zero-order valence-corrected chi connectivity index (χ0v) is 10.1. The first-order valence-corrected chi connectivity index (χ1v) is 5.65. The molecule has 1 aliphatic rings. The van der Waals surface area contributed by atoms with Gasteiger partial charge in [-0.25, -0.2) is 0 Å². The topological polar surface area (TPSA) is 143 Å². The molecule has 108 valence electrons. The van der Waals surface area contributed by atoms with Gasteiger partial charge in [-0.15, -0.1) is 0 Å². The maximum atomic E-state index is 9.65. The maximum absolute atomic E-state index is 9.65. The third-order valence-corrected chi connectivity index (χ3v) is 2.75. The summed E-state index contributed by atoms with van der Waals surface area (Å²) >= 11 is 0. The standard InChI is InChI=1S/C11H17NO7/c12-2-1-6(3-13)5-18-11-10(17)9(16)8(15)7(4-14)19-11/h1,7-11,13-17H,3-5H2/b6-1-/t7-,8-,9+,10-,11-/m1/s1. The number of hydrogen-bond donors (Lipinski definition) is 5. The number of ether oxygens (including phenoxy) is 2. The molecule has 0 aromatic rings. The summed E-state index contributed by atoms with van der Waals surface area (Å²) in [4.78, 5) is 0. The minimum absolute atomic E-state index is 0.188. The molecule has 5 N–H and O–H groups in total. The number of nitrogens with zero attached hydrogens (tertiary/aromatic N) is 1. The van der Waals surface area contributed by atoms with Crippen LogP contribution in [0.3, 0.4) is 0 Å². The van der Waals surface area contributed by atoms with Gasteiger partial charge >= 0.3 is 0 Å². The Hall–Kier alpha value is -1.05. The van der Waals surface area contributed by atoms with Crippen LogP contribution in [0.25, 0.3) is 0 Å². The fourth-order valence-electron chi connectivity index (χ4n) is 1.62. The van der Waals surface area contributed by atoms with Gasteiger partial charge in [0.1, 0.15) is 24.4 Å². The molecule has 0 saturated carbocycles. The summed E-state index contributed by atoms with van der Waals surface area (Å²) in [5.74, 6) is 0. The van der Waals surface area contributed by atoms with Crippen LogP contribution in [0.2, 0.25) is 0 Å². The number of allylic oxidation sites excluding steroid dienone is 1. The van der Waals surface area contributed by atoms with E-state index in [1.165, 1.54) is 0 Å². The van der Waals surface area contributed by atoms with Gasteiger partial charge in [-0.2, -0.15) is 5.26 Å². The number of rotatable bonds is 5. The second-order valence-corrected chi connectivity index (χ2v) is 4.10. The van der Waals surface area contributed by atoms with Crippen molar-refractivity contribution in [3.8, 4) is 6.07 Å². The van der Waals surface area contributed by atoms with Gasteiger partial charge in [0.05, 0.1) is 25.9 Å². The van der Waals surface area contributed by atoms with E-state index in [1.807, 2.05) is 0 Å². The second kappa shape index (κ2) is 7.52. The Balaban J connectivity index is 2.62. The normalized spacial score (nSPS) is 36.0. The molecule has 0 radical (unpaired) electrons. The Morgan fingerprint density at radius 3 is 2.42 bits per heavy atom. The quantitative estimate of drug-likeness (QED) is 0.340. The molecule has 0 bridgehead atoms. The van der Waals surface area contributed by atoms with Crippen LogP contribution in [0.1, 0.15) is 0 Å². The van der Waals surface area contributed by atoms with Crippen molar-refractivity contribution in [3.63, 3.8) is 0 Å². The van der Waals surface area contributed by atoms with Gasteiger partial charge in [-0.1, -0.05) is 0 Å². The second-order valence-electron chi connectivity index (χ2n) is 4.10. The largest absolute Gasteiger partial charge is 0.394 e. The van der Waals surface area contributed by atoms with Crippen molar-refractivity contribution in [2.24, 2.45) is 0 Å². The fourth-order valence-corrected chi connectivity index (χ4v) is 1.62. The molecular weight excluding hydrogens is 258 g/mol. The molecule has 1 saturated heterocycles. The van der Waals surface area contributed by atoms with Crippen LogP contribution in [0.4, 0.5) is 0 Å². The Morgan fingerprint density at radius 1 is 1.21 bits per heavy atom. The molecule has 0 spiro atoms. The van der Waals surface area contributed by atoms with Crippen molar-refractivity contribution in [2.45, 2.75) is 30.7 Å². The van der Waals surface area contributed by atoms with E-state index in [4.69, 9.17) is 24.9 Å². The summed E-state index contributed by atoms with van der Waals surface area (Å²) in [6.45, 7) is -1.14. The number of hydrogen-bond acceptors (Lipinski definition) is 8. The molecule has 5 atom stereocenters. The molecule has 8 heteroatoms. The SMILES string of the molecule is N#C/C=C(/CO)CO[C@@H]1O[C@H](CO)[C@@H](O)[C@H](O)[C@H]1O. The lowest BCUT2D eigenvalue weighted by Gasteiger charge is -2.39. The molecule has 19 heavy (non-hydrogen) atoms. The average molecular weight is 275 g/mol. The van der Waals surface area contributed by atoms with E-state index in [-0.39, 0.29) is 12.2 Å². The number of aliphatic hydroxyl groups is 5. The Kier molecular flexibility index (Phi) is 6.33. The molecule has 1 heterocycles. The van der Waals surface area contributed by atoms with Crippen molar-refractivity contribution in [1.29, 1.82) is 5.26 Å². The van der Waals surface area contributed by atoms with Crippen LogP contribution in [-0.4, -0.2) is 76.1 Å². The molecule has 0 aromatic carbocycles. The lowest BCUT2D eigenvalue weighted by molar-refractivity contribution is -0.299. The van der Waals surface area contributed by atoms with Crippen molar-refractivity contribution in [2.75, 3.05) is 19.8 Å². The number of aliphatic hydroxyl groups excluding tert-OH is 5. The first-order valence-electron chi connectivity index (χ1n) is 5.65. The Morgan fingerprint density at radius 2 is 1.89 bits per heavy atom. The summed E-state index contributed by atoms with van der Waals surface area (Å²) in [6.07, 6.45) is -5.71. The van der Waals surface area contributed by atoms with Gasteiger partial charge in [0.2, 0.25) is 0 Å². The van der Waals surface area contributed by atoms with Crippen molar-refractivity contribution < 1.29 is 35.0 Å². The third kappa shape index (κ3) is 3.95. The van der Waals surface area contributed by atoms with Crippen molar-refractivity contribution in [3.05, 3.63) is 11.6 Å². The Labute approximate surface area is 109 Å². The van der Waals surface area contributed by atoms with E-state index >= 15 is 0 Å². The van der Waals surface area contributed by atoms with Gasteiger partial charge in [0.15, 0.2) is 6.29 Å². The molecule has 1 fully saturated rings. The predicted molar refractivity (Wildman–Crippen MR) is 60.5 cm³/mol. The first-order chi connectivity index (χ1) is 9.04. The van der Waals surface area contributed by atoms with E-state index in [0.717, 1.165) is 6.08 Å². The summed E-state index contributed by atoms with van der Waals surface area (Å²) in [6, 6.07) is 1.72. The molecule has 8 nitrogen and oxygen atoms in total. The fraction of sp³-hybridized carbons (Fsp3) is 0.727. The zero-order chi connectivity index (χ0) is 14.4. The monoisotopic (exact) mass is 275 g/mol. The van der Waals surface area contributed by atoms with Gasteiger partial charge in [-0.3, -0.25) is 0 Å². The predicted octanol–water partition coefficient (Wildman–Crippen LogP) is -2.75. The lowest BCUT2D eigenvalue weighted by atomic mass is 9.99. The third-order valence-electron chi connectivity index (χ3n) is 2.75. The van der Waals surface area contributed by atoms with Crippen LogP contribution >= 0.6 is 0 Å². The smallest absolute Gasteiger partial charge is 0.187 e. The summed E-state index contributed by atoms with van der Waals surface area (Å²) < 4.78 is 10.2. The highest BCUT2D eigenvalue weighted by molar-refractivity contribution is 5.14. The molecule has 0 amide bonds. The summed E-state index contributed by atoms with van der Waals surface area (Å²) in [5.41, 5.74) is 0.263. The average Bonchev–Trinajstić information content (AvgIpc) is 2.42. The molecular formula is C11H17NO7. The molecule has 1 aliphatic heterocycles. The molecule has 0 unspecified atom stereocenters. The first kappa shape index (κ1) is 16.0. The van der Waals surface area contributed by atoms with Crippen LogP contribution in [0.15, 0.2) is 11.6 Å². The minimum atomic E-state index is -1.52. The highest BCUT2D eigenvalue weighted by Crippen LogP contribution is 2.22. The van der Waals surface area contributed by atoms with Crippen LogP contribution in [0.5, 0.6) is 0 Å². The molecule has 0 aliphatic carbocycles. The van der Waals surface area contributed by atoms with Gasteiger partial charge < -0.3 is 35.0 Å². The van der Waals surface area contributed by atoms with Crippen molar-refractivity contribution >= 4 is 0 Å². The van der Waals surface area contributed by atoms with E-state index in [0.29, 0.717) is 0 Å². The number of nitriles is 1. The summed E-state index contributed by atoms with van der Waals surface area (Å²) in [5, 5.41) is 55.0. The van der Waals surface area contributed by atoms with Crippen LogP contribution < -0.4 is 0 Å². The highest BCUT2D eigenvalue weighted by Gasteiger charge is 2.43. The van der Waals surface area contributed by atoms with E-state index in [9.17, 15) is 15.3 Å². The van der Waals surface area contributed by atoms with Gasteiger partial charge in [0, 0.05) is 6.08 Å². The Bertz CT molecular complexity index is 351.